The SMILES string of the molecule is Cc1cc(C(=O)N(C)CCC(N)C(C)C)nc2c1c(=O)n(C)c(=O)n2C. The van der Waals surface area contributed by atoms with Gasteiger partial charge in [0.1, 0.15) is 11.3 Å². The van der Waals surface area contributed by atoms with E-state index in [1.165, 1.54) is 18.7 Å². The first-order valence-electron chi connectivity index (χ1n) is 8.64. The molecule has 0 saturated heterocycles. The summed E-state index contributed by atoms with van der Waals surface area (Å²) in [5.74, 6) is 0.0735. The van der Waals surface area contributed by atoms with Gasteiger partial charge in [0.05, 0.1) is 5.39 Å². The van der Waals surface area contributed by atoms with E-state index >= 15 is 0 Å². The quantitative estimate of drug-likeness (QED) is 0.829. The molecular formula is C18H27N5O3. The lowest BCUT2D eigenvalue weighted by atomic mass is 10.0. The Labute approximate surface area is 152 Å². The first-order chi connectivity index (χ1) is 12.1. The molecule has 8 nitrogen and oxygen atoms in total. The maximum Gasteiger partial charge on any atom is 0.332 e. The highest BCUT2D eigenvalue weighted by molar-refractivity contribution is 5.95. The van der Waals surface area contributed by atoms with Crippen LogP contribution in [0.15, 0.2) is 15.7 Å². The third-order valence-electron chi connectivity index (χ3n) is 4.83. The molecule has 0 aromatic carbocycles. The zero-order valence-corrected chi connectivity index (χ0v) is 16.2. The summed E-state index contributed by atoms with van der Waals surface area (Å²) in [6, 6.07) is 1.61. The molecule has 8 heteroatoms. The second kappa shape index (κ2) is 7.41. The highest BCUT2D eigenvalue weighted by Crippen LogP contribution is 2.14. The van der Waals surface area contributed by atoms with E-state index in [0.717, 1.165) is 4.57 Å². The lowest BCUT2D eigenvalue weighted by Gasteiger charge is -2.21. The molecule has 1 unspecified atom stereocenters. The molecule has 142 valence electrons. The van der Waals surface area contributed by atoms with Crippen LogP contribution < -0.4 is 17.0 Å². The predicted octanol–water partition coefficient (Wildman–Crippen LogP) is 0.386. The van der Waals surface area contributed by atoms with Crippen LogP contribution in [0.1, 0.15) is 36.3 Å². The zero-order chi connectivity index (χ0) is 19.8. The zero-order valence-electron chi connectivity index (χ0n) is 16.2. The predicted molar refractivity (Wildman–Crippen MR) is 101 cm³/mol. The van der Waals surface area contributed by atoms with Gasteiger partial charge in [-0.2, -0.15) is 0 Å². The minimum Gasteiger partial charge on any atom is -0.340 e. The second-order valence-corrected chi connectivity index (χ2v) is 7.15. The van der Waals surface area contributed by atoms with E-state index in [1.807, 2.05) is 13.8 Å². The number of hydrogen-bond donors (Lipinski definition) is 1. The van der Waals surface area contributed by atoms with Crippen LogP contribution in [0.3, 0.4) is 0 Å². The molecule has 26 heavy (non-hydrogen) atoms. The number of carbonyl (C=O) groups excluding carboxylic acids is 1. The van der Waals surface area contributed by atoms with E-state index in [-0.39, 0.29) is 23.3 Å². The first kappa shape index (κ1) is 19.8. The molecule has 0 fully saturated rings. The van der Waals surface area contributed by atoms with E-state index in [4.69, 9.17) is 5.73 Å². The van der Waals surface area contributed by atoms with Crippen LogP contribution in [0.25, 0.3) is 11.0 Å². The summed E-state index contributed by atoms with van der Waals surface area (Å²) in [6.07, 6.45) is 0.686. The molecule has 2 heterocycles. The molecule has 0 spiro atoms. The first-order valence-corrected chi connectivity index (χ1v) is 8.64. The van der Waals surface area contributed by atoms with Crippen molar-refractivity contribution in [1.29, 1.82) is 0 Å². The van der Waals surface area contributed by atoms with Gasteiger partial charge < -0.3 is 10.6 Å². The van der Waals surface area contributed by atoms with Gasteiger partial charge >= 0.3 is 5.69 Å². The van der Waals surface area contributed by atoms with Crippen molar-refractivity contribution >= 4 is 16.9 Å². The summed E-state index contributed by atoms with van der Waals surface area (Å²) in [7, 11) is 4.66. The Bertz CT molecular complexity index is 958. The summed E-state index contributed by atoms with van der Waals surface area (Å²) in [4.78, 5) is 43.1. The van der Waals surface area contributed by atoms with Gasteiger partial charge in [-0.3, -0.25) is 18.7 Å². The van der Waals surface area contributed by atoms with Crippen LogP contribution in [-0.4, -0.2) is 44.6 Å². The number of nitrogens with two attached hydrogens (primary N) is 1. The number of aryl methyl sites for hydroxylation is 2. The number of hydrogen-bond acceptors (Lipinski definition) is 5. The largest absolute Gasteiger partial charge is 0.340 e. The van der Waals surface area contributed by atoms with Crippen molar-refractivity contribution < 1.29 is 4.79 Å². The topological polar surface area (TPSA) is 103 Å². The van der Waals surface area contributed by atoms with Gasteiger partial charge in [0.25, 0.3) is 11.5 Å². The van der Waals surface area contributed by atoms with Crippen molar-refractivity contribution in [2.45, 2.75) is 33.2 Å². The molecule has 0 radical (unpaired) electrons. The maximum absolute atomic E-state index is 12.7. The number of amides is 1. The van der Waals surface area contributed by atoms with E-state index in [0.29, 0.717) is 29.8 Å². The smallest absolute Gasteiger partial charge is 0.332 e. The number of fused-ring (bicyclic) bond motifs is 1. The summed E-state index contributed by atoms with van der Waals surface area (Å²) in [5.41, 5.74) is 6.19. The van der Waals surface area contributed by atoms with Crippen LogP contribution >= 0.6 is 0 Å². The van der Waals surface area contributed by atoms with Crippen molar-refractivity contribution in [2.24, 2.45) is 25.7 Å². The lowest BCUT2D eigenvalue weighted by Crippen LogP contribution is -2.38. The minimum absolute atomic E-state index is 0.0143. The van der Waals surface area contributed by atoms with Crippen LogP contribution in [0.2, 0.25) is 0 Å². The molecule has 1 atom stereocenters. The van der Waals surface area contributed by atoms with Gasteiger partial charge in [-0.25, -0.2) is 9.78 Å². The minimum atomic E-state index is -0.477. The Balaban J connectivity index is 2.44. The summed E-state index contributed by atoms with van der Waals surface area (Å²) in [5, 5.41) is 0.343. The molecule has 0 aliphatic heterocycles. The molecule has 2 aromatic rings. The fourth-order valence-electron chi connectivity index (χ4n) is 2.82. The van der Waals surface area contributed by atoms with Crippen molar-refractivity contribution in [3.63, 3.8) is 0 Å². The molecule has 0 bridgehead atoms. The van der Waals surface area contributed by atoms with Crippen molar-refractivity contribution in [3.05, 3.63) is 38.2 Å². The number of carbonyl (C=O) groups is 1. The Morgan fingerprint density at radius 2 is 1.88 bits per heavy atom. The van der Waals surface area contributed by atoms with Gasteiger partial charge in [0.2, 0.25) is 0 Å². The van der Waals surface area contributed by atoms with Crippen LogP contribution in [0.5, 0.6) is 0 Å². The molecule has 2 aromatic heterocycles. The summed E-state index contributed by atoms with van der Waals surface area (Å²) >= 11 is 0. The van der Waals surface area contributed by atoms with Crippen molar-refractivity contribution in [3.8, 4) is 0 Å². The van der Waals surface area contributed by atoms with E-state index < -0.39 is 11.2 Å². The van der Waals surface area contributed by atoms with E-state index in [1.54, 1.807) is 24.9 Å². The van der Waals surface area contributed by atoms with Crippen LogP contribution in [0.4, 0.5) is 0 Å². The van der Waals surface area contributed by atoms with Gasteiger partial charge in [-0.05, 0) is 30.9 Å². The van der Waals surface area contributed by atoms with Gasteiger partial charge in [-0.15, -0.1) is 0 Å². The maximum atomic E-state index is 12.7. The number of nitrogens with zero attached hydrogens (tertiary/aromatic N) is 4. The monoisotopic (exact) mass is 361 g/mol. The Morgan fingerprint density at radius 1 is 1.27 bits per heavy atom. The molecule has 0 aliphatic carbocycles. The van der Waals surface area contributed by atoms with Crippen molar-refractivity contribution in [2.75, 3.05) is 13.6 Å². The fraction of sp³-hybridized carbons (Fsp3) is 0.556. The van der Waals surface area contributed by atoms with Gasteiger partial charge in [-0.1, -0.05) is 13.8 Å². The third-order valence-corrected chi connectivity index (χ3v) is 4.83. The average molecular weight is 361 g/mol. The van der Waals surface area contributed by atoms with Crippen molar-refractivity contribution in [1.82, 2.24) is 19.0 Å². The average Bonchev–Trinajstić information content (AvgIpc) is 2.60. The Hall–Kier alpha value is -2.48. The van der Waals surface area contributed by atoms with Crippen LogP contribution in [0, 0.1) is 12.8 Å². The standard InChI is InChI=1S/C18H27N5O3/c1-10(2)12(19)7-8-21(4)16(24)13-9-11(3)14-15(20-13)22(5)18(26)23(6)17(14)25/h9-10,12H,7-8,19H2,1-6H3. The number of aromatic nitrogens is 3. The third kappa shape index (κ3) is 3.55. The second-order valence-electron chi connectivity index (χ2n) is 7.15. The summed E-state index contributed by atoms with van der Waals surface area (Å²) < 4.78 is 2.33. The van der Waals surface area contributed by atoms with E-state index in [9.17, 15) is 14.4 Å². The number of rotatable bonds is 5. The highest BCUT2D eigenvalue weighted by atomic mass is 16.2. The van der Waals surface area contributed by atoms with E-state index in [2.05, 4.69) is 4.98 Å². The molecule has 2 N–H and O–H groups in total. The fourth-order valence-corrected chi connectivity index (χ4v) is 2.82. The normalized spacial score (nSPS) is 12.6. The van der Waals surface area contributed by atoms with Gasteiger partial charge in [0, 0.05) is 33.7 Å². The molecular weight excluding hydrogens is 334 g/mol. The number of pyridine rings is 1. The molecule has 0 aliphatic rings. The Morgan fingerprint density at radius 3 is 2.46 bits per heavy atom. The van der Waals surface area contributed by atoms with Crippen LogP contribution in [-0.2, 0) is 14.1 Å². The highest BCUT2D eigenvalue weighted by Gasteiger charge is 2.19. The molecule has 1 amide bonds. The van der Waals surface area contributed by atoms with Gasteiger partial charge in [0.15, 0.2) is 0 Å². The summed E-state index contributed by atoms with van der Waals surface area (Å²) in [6.45, 7) is 6.33. The molecule has 2 rings (SSSR count). The molecule has 0 saturated carbocycles. The lowest BCUT2D eigenvalue weighted by molar-refractivity contribution is 0.0783. The Kier molecular flexibility index (Phi) is 5.65.